The van der Waals surface area contributed by atoms with Crippen LogP contribution in [0.2, 0.25) is 5.02 Å². The number of fused-ring (bicyclic) bond motifs is 2. The number of hydrogen-bond donors (Lipinski definition) is 1. The number of allylic oxidation sites excluding steroid dienone is 1. The number of imidazole rings is 1. The number of hydrogen-bond acceptors (Lipinski definition) is 5. The third kappa shape index (κ3) is 5.65. The summed E-state index contributed by atoms with van der Waals surface area (Å²) in [6.07, 6.45) is 12.4. The predicted molar refractivity (Wildman–Crippen MR) is 151 cm³/mol. The van der Waals surface area contributed by atoms with Gasteiger partial charge in [0.05, 0.1) is 6.26 Å². The first-order chi connectivity index (χ1) is 18.1. The van der Waals surface area contributed by atoms with Crippen LogP contribution in [0.25, 0.3) is 11.6 Å². The van der Waals surface area contributed by atoms with Crippen molar-refractivity contribution in [1.82, 2.24) is 16.6 Å². The van der Waals surface area contributed by atoms with Gasteiger partial charge in [0.25, 0.3) is 0 Å². The monoisotopic (exact) mass is 744 g/mol. The van der Waals surface area contributed by atoms with Gasteiger partial charge in [0.2, 0.25) is 10.0 Å². The fourth-order valence-electron chi connectivity index (χ4n) is 5.93. The molecule has 3 heterocycles. The third-order valence-corrected chi connectivity index (χ3v) is 10.7. The van der Waals surface area contributed by atoms with Gasteiger partial charge in [-0.3, -0.25) is 0 Å². The van der Waals surface area contributed by atoms with Gasteiger partial charge in [0.15, 0.2) is 0 Å². The second-order valence-corrected chi connectivity index (χ2v) is 15.2. The molecular formula is C28H32ClN4O3STl. The van der Waals surface area contributed by atoms with Gasteiger partial charge in [-0.1, -0.05) is 0 Å². The number of halogens is 1. The molecule has 2 aromatic heterocycles. The van der Waals surface area contributed by atoms with Gasteiger partial charge < -0.3 is 0 Å². The zero-order valence-corrected chi connectivity index (χ0v) is 27.8. The standard InChI is InChI=1S/C28H32ClN4O3S.Tl/c1-3-28(34,25-17-30-18-32-25)11-8-20-15-21-16-22(29)6-7-23(21)26(27-24(20)5-4-12-31-27)19-9-13-33(14-10-19)37(2,35)36;/h4-7,12,15-19,26,34H,3,8-11,13-14H2,1-2H3;/q-1;+1. The molecule has 2 atom stereocenters. The van der Waals surface area contributed by atoms with E-state index in [1.54, 1.807) is 10.6 Å². The van der Waals surface area contributed by atoms with E-state index in [1.165, 1.54) is 11.8 Å². The van der Waals surface area contributed by atoms with Crippen LogP contribution in [0.15, 0.2) is 49.1 Å². The van der Waals surface area contributed by atoms with Crippen molar-refractivity contribution in [2.45, 2.75) is 50.5 Å². The molecule has 2 aliphatic rings. The quantitative estimate of drug-likeness (QED) is 0.358. The first-order valence-corrected chi connectivity index (χ1v) is 17.2. The molecule has 3 aromatic rings. The van der Waals surface area contributed by atoms with E-state index in [9.17, 15) is 13.5 Å². The SMILES string of the molecule is CCC(O)(CCC1=Cc2cc(Cl)ccc2C(C2CCN(S(C)(=O)=O)CC2)c2ncccc21)c1c[n]([Tl])cn1. The predicted octanol–water partition coefficient (Wildman–Crippen LogP) is 4.60. The number of aliphatic hydroxyl groups is 1. The van der Waals surface area contributed by atoms with Gasteiger partial charge in [-0.25, -0.2) is 12.7 Å². The molecule has 0 amide bonds. The van der Waals surface area contributed by atoms with E-state index in [2.05, 4.69) is 23.2 Å². The molecule has 1 aliphatic heterocycles. The molecule has 1 aliphatic carbocycles. The fourth-order valence-corrected chi connectivity index (χ4v) is 7.80. The van der Waals surface area contributed by atoms with Gasteiger partial charge in [0.1, 0.15) is 0 Å². The number of piperidine rings is 1. The Kier molecular flexibility index (Phi) is 8.17. The second-order valence-electron chi connectivity index (χ2n) is 10.4. The molecule has 7 nitrogen and oxygen atoms in total. The molecule has 1 fully saturated rings. The Hall–Kier alpha value is -1.60. The number of nitrogens with zero attached hydrogens (tertiary/aromatic N) is 4. The number of sulfonamides is 1. The summed E-state index contributed by atoms with van der Waals surface area (Å²) in [6, 6.07) is 10.1. The molecule has 1 saturated heterocycles. The van der Waals surface area contributed by atoms with Crippen LogP contribution < -0.4 is 0 Å². The van der Waals surface area contributed by atoms with Crippen LogP contribution in [0.4, 0.5) is 0 Å². The Morgan fingerprint density at radius 3 is 2.63 bits per heavy atom. The molecule has 1 aromatic carbocycles. The first-order valence-electron chi connectivity index (χ1n) is 13.0. The van der Waals surface area contributed by atoms with E-state index < -0.39 is 15.6 Å². The first kappa shape index (κ1) is 27.9. The molecule has 38 heavy (non-hydrogen) atoms. The van der Waals surface area contributed by atoms with Crippen LogP contribution in [0.1, 0.15) is 73.0 Å². The number of rotatable bonds is 7. The molecule has 1 N–H and O–H groups in total. The van der Waals surface area contributed by atoms with Crippen molar-refractivity contribution in [3.63, 3.8) is 0 Å². The zero-order chi connectivity index (χ0) is 27.1. The molecule has 0 radical (unpaired) electrons. The summed E-state index contributed by atoms with van der Waals surface area (Å²) in [6.45, 7) is 3.03. The van der Waals surface area contributed by atoms with Crippen molar-refractivity contribution in [2.24, 2.45) is 5.92 Å². The van der Waals surface area contributed by atoms with Crippen molar-refractivity contribution in [2.75, 3.05) is 19.3 Å². The van der Waals surface area contributed by atoms with E-state index in [0.717, 1.165) is 40.9 Å². The second kappa shape index (κ2) is 11.1. The van der Waals surface area contributed by atoms with Crippen LogP contribution in [0.3, 0.4) is 0 Å². The number of aromatic nitrogens is 3. The van der Waals surface area contributed by atoms with Crippen molar-refractivity contribution in [3.05, 3.63) is 82.2 Å². The average molecular weight is 744 g/mol. The van der Waals surface area contributed by atoms with Crippen molar-refractivity contribution in [1.29, 1.82) is 0 Å². The van der Waals surface area contributed by atoms with Crippen molar-refractivity contribution in [3.8, 4) is 0 Å². The molecule has 10 heteroatoms. The molecular weight excluding hydrogens is 712 g/mol. The zero-order valence-electron chi connectivity index (χ0n) is 21.7. The minimum absolute atomic E-state index is 0.0285. The van der Waals surface area contributed by atoms with Crippen LogP contribution >= 0.6 is 11.6 Å². The molecule has 0 spiro atoms. The Morgan fingerprint density at radius 1 is 1.21 bits per heavy atom. The average Bonchev–Trinajstić information content (AvgIpc) is 3.29. The Labute approximate surface area is 246 Å². The minimum atomic E-state index is -3.21. The number of pyridine rings is 1. The summed E-state index contributed by atoms with van der Waals surface area (Å²) < 4.78 is 27.9. The van der Waals surface area contributed by atoms with E-state index >= 15 is 0 Å². The Bertz CT molecular complexity index is 1470. The third-order valence-electron chi connectivity index (χ3n) is 8.10. The maximum atomic E-state index is 12.1. The number of benzene rings is 1. The molecule has 198 valence electrons. The van der Waals surface area contributed by atoms with Crippen LogP contribution in [0.5, 0.6) is 0 Å². The van der Waals surface area contributed by atoms with Gasteiger partial charge in [-0.05, 0) is 0 Å². The van der Waals surface area contributed by atoms with Crippen LogP contribution in [-0.2, 0) is 15.6 Å². The summed E-state index contributed by atoms with van der Waals surface area (Å²) >= 11 is 7.09. The fraction of sp³-hybridized carbons (Fsp3) is 0.429. The van der Waals surface area contributed by atoms with E-state index in [-0.39, 0.29) is 11.8 Å². The summed E-state index contributed by atoms with van der Waals surface area (Å²) in [7, 11) is -3.21. The maximum absolute atomic E-state index is 12.1. The summed E-state index contributed by atoms with van der Waals surface area (Å²) in [5.41, 5.74) is 5.17. The molecule has 0 saturated carbocycles. The molecule has 5 rings (SSSR count). The summed E-state index contributed by atoms with van der Waals surface area (Å²) in [4.78, 5) is 9.41. The van der Waals surface area contributed by atoms with Crippen LogP contribution in [0, 0.1) is 5.92 Å². The van der Waals surface area contributed by atoms with Crippen molar-refractivity contribution < 1.29 is 13.5 Å². The van der Waals surface area contributed by atoms with Gasteiger partial charge in [0, 0.05) is 13.1 Å². The van der Waals surface area contributed by atoms with E-state index in [1.807, 2.05) is 39.9 Å². The van der Waals surface area contributed by atoms with E-state index in [0.29, 0.717) is 63.4 Å². The van der Waals surface area contributed by atoms with Crippen molar-refractivity contribution >= 4 is 59.3 Å². The van der Waals surface area contributed by atoms with Gasteiger partial charge >= 0.3 is 205 Å². The summed E-state index contributed by atoms with van der Waals surface area (Å²) in [5.74, 6) is 0.279. The Morgan fingerprint density at radius 2 is 1.97 bits per heavy atom. The molecule has 2 unspecified atom stereocenters. The topological polar surface area (TPSA) is 88.3 Å². The normalized spacial score (nSPS) is 20.2. The van der Waals surface area contributed by atoms with E-state index in [4.69, 9.17) is 16.6 Å². The summed E-state index contributed by atoms with van der Waals surface area (Å²) in [5, 5.41) is 12.2. The Balaban J connectivity index is 1.53. The molecule has 0 bridgehead atoms. The van der Waals surface area contributed by atoms with Gasteiger partial charge in [-0.2, -0.15) is 0 Å². The van der Waals surface area contributed by atoms with Crippen LogP contribution in [-0.4, -0.2) is 75.6 Å². The van der Waals surface area contributed by atoms with Gasteiger partial charge in [-0.15, -0.1) is 0 Å².